The van der Waals surface area contributed by atoms with E-state index in [0.29, 0.717) is 28.7 Å². The van der Waals surface area contributed by atoms with Crippen LogP contribution in [0.25, 0.3) is 0 Å². The average molecular weight is 509 g/mol. The van der Waals surface area contributed by atoms with Gasteiger partial charge in [-0.15, -0.1) is 0 Å². The molecule has 0 atom stereocenters. The molecule has 2 aromatic carbocycles. The van der Waals surface area contributed by atoms with Crippen LogP contribution in [0.5, 0.6) is 0 Å². The molecular formula is C27H33FN6OS. The zero-order valence-electron chi connectivity index (χ0n) is 21.1. The van der Waals surface area contributed by atoms with Crippen molar-refractivity contribution < 1.29 is 9.18 Å². The molecule has 7 nitrogen and oxygen atoms in total. The van der Waals surface area contributed by atoms with Gasteiger partial charge >= 0.3 is 0 Å². The highest BCUT2D eigenvalue weighted by molar-refractivity contribution is 7.98. The summed E-state index contributed by atoms with van der Waals surface area (Å²) in [7, 11) is 3.96. The number of anilines is 2. The third-order valence-corrected chi connectivity index (χ3v) is 6.94. The largest absolute Gasteiger partial charge is 0.366 e. The molecule has 190 valence electrons. The van der Waals surface area contributed by atoms with Gasteiger partial charge in [-0.25, -0.2) is 14.4 Å². The number of para-hydroxylation sites is 1. The van der Waals surface area contributed by atoms with E-state index in [0.717, 1.165) is 49.8 Å². The maximum Gasteiger partial charge on any atom is 0.251 e. The van der Waals surface area contributed by atoms with Crippen LogP contribution in [0, 0.1) is 12.7 Å². The lowest BCUT2D eigenvalue weighted by molar-refractivity contribution is 0.0951. The van der Waals surface area contributed by atoms with Crippen LogP contribution in [0.3, 0.4) is 0 Å². The zero-order valence-corrected chi connectivity index (χ0v) is 21.9. The number of hydrogen-bond donors (Lipinski definition) is 1. The number of rotatable bonds is 9. The molecule has 0 unspecified atom stereocenters. The van der Waals surface area contributed by atoms with Crippen molar-refractivity contribution in [2.75, 3.05) is 63.2 Å². The number of hydrogen-bond acceptors (Lipinski definition) is 7. The van der Waals surface area contributed by atoms with E-state index in [1.54, 1.807) is 17.8 Å². The zero-order chi connectivity index (χ0) is 25.5. The van der Waals surface area contributed by atoms with E-state index in [2.05, 4.69) is 20.1 Å². The normalized spacial score (nSPS) is 13.8. The monoisotopic (exact) mass is 508 g/mol. The summed E-state index contributed by atoms with van der Waals surface area (Å²) in [5, 5.41) is 3.67. The number of nitrogens with one attached hydrogen (secondary N) is 1. The van der Waals surface area contributed by atoms with Crippen molar-refractivity contribution in [2.45, 2.75) is 17.8 Å². The summed E-state index contributed by atoms with van der Waals surface area (Å²) in [5.41, 5.74) is 3.27. The first-order valence-electron chi connectivity index (χ1n) is 12.1. The standard InChI is InChI=1S/C27H33FN6OS/c1-20-17-25(34-15-13-33(14-16-34)24-10-5-4-9-23(24)28)31-27(30-20)36-19-21-7-6-8-22(18-21)26(35)29-11-12-32(2)3/h4-10,17-18H,11-16,19H2,1-3H3,(H,29,35). The molecule has 0 spiro atoms. The van der Waals surface area contributed by atoms with E-state index < -0.39 is 0 Å². The molecule has 1 aliphatic heterocycles. The molecule has 0 radical (unpaired) electrons. The number of thioether (sulfide) groups is 1. The maximum absolute atomic E-state index is 14.2. The van der Waals surface area contributed by atoms with Gasteiger partial charge < -0.3 is 20.0 Å². The Balaban J connectivity index is 1.35. The van der Waals surface area contributed by atoms with Crippen LogP contribution < -0.4 is 15.1 Å². The summed E-state index contributed by atoms with van der Waals surface area (Å²) in [5.74, 6) is 1.32. The second-order valence-electron chi connectivity index (χ2n) is 9.12. The van der Waals surface area contributed by atoms with Gasteiger partial charge in [-0.2, -0.15) is 0 Å². The molecule has 4 rings (SSSR count). The number of aryl methyl sites for hydroxylation is 1. The molecule has 1 aromatic heterocycles. The van der Waals surface area contributed by atoms with Crippen LogP contribution >= 0.6 is 11.8 Å². The second-order valence-corrected chi connectivity index (χ2v) is 10.1. The number of likely N-dealkylation sites (N-methyl/N-ethyl adjacent to an activating group) is 1. The molecule has 1 aliphatic rings. The van der Waals surface area contributed by atoms with Gasteiger partial charge in [-0.1, -0.05) is 36.0 Å². The lowest BCUT2D eigenvalue weighted by Crippen LogP contribution is -2.47. The molecule has 1 saturated heterocycles. The molecule has 9 heteroatoms. The molecule has 0 saturated carbocycles. The first kappa shape index (κ1) is 25.9. The number of nitrogens with zero attached hydrogens (tertiary/aromatic N) is 5. The third-order valence-electron chi connectivity index (χ3n) is 6.02. The van der Waals surface area contributed by atoms with E-state index >= 15 is 0 Å². The highest BCUT2D eigenvalue weighted by Gasteiger charge is 2.21. The van der Waals surface area contributed by atoms with Crippen molar-refractivity contribution in [1.29, 1.82) is 0 Å². The van der Waals surface area contributed by atoms with Gasteiger partial charge in [0.25, 0.3) is 5.91 Å². The summed E-state index contributed by atoms with van der Waals surface area (Å²) in [6, 6.07) is 16.6. The molecule has 0 aliphatic carbocycles. The molecule has 3 aromatic rings. The Morgan fingerprint density at radius 3 is 2.53 bits per heavy atom. The summed E-state index contributed by atoms with van der Waals surface area (Å²) in [4.78, 5) is 28.2. The van der Waals surface area contributed by atoms with Crippen molar-refractivity contribution in [3.8, 4) is 0 Å². The topological polar surface area (TPSA) is 64.6 Å². The van der Waals surface area contributed by atoms with Gasteiger partial charge in [0.1, 0.15) is 11.6 Å². The van der Waals surface area contributed by atoms with Gasteiger partial charge in [0.2, 0.25) is 0 Å². The Morgan fingerprint density at radius 2 is 1.78 bits per heavy atom. The molecule has 1 fully saturated rings. The summed E-state index contributed by atoms with van der Waals surface area (Å²) >= 11 is 1.56. The van der Waals surface area contributed by atoms with Crippen LogP contribution in [-0.2, 0) is 5.75 Å². The van der Waals surface area contributed by atoms with Gasteiger partial charge in [0.15, 0.2) is 5.16 Å². The Labute approximate surface area is 216 Å². The summed E-state index contributed by atoms with van der Waals surface area (Å²) in [6.07, 6.45) is 0. The molecule has 0 bridgehead atoms. The minimum Gasteiger partial charge on any atom is -0.366 e. The van der Waals surface area contributed by atoms with E-state index in [9.17, 15) is 9.18 Å². The molecular weight excluding hydrogens is 475 g/mol. The van der Waals surface area contributed by atoms with Crippen molar-refractivity contribution in [1.82, 2.24) is 20.2 Å². The van der Waals surface area contributed by atoms with Crippen molar-refractivity contribution in [2.24, 2.45) is 0 Å². The first-order valence-corrected chi connectivity index (χ1v) is 13.1. The molecule has 36 heavy (non-hydrogen) atoms. The Hall–Kier alpha value is -3.17. The number of amides is 1. The van der Waals surface area contributed by atoms with Crippen molar-refractivity contribution in [3.05, 3.63) is 77.2 Å². The maximum atomic E-state index is 14.2. The summed E-state index contributed by atoms with van der Waals surface area (Å²) < 4.78 is 14.2. The number of carbonyl (C=O) groups is 1. The SMILES string of the molecule is Cc1cc(N2CCN(c3ccccc3F)CC2)nc(SCc2cccc(C(=O)NCCN(C)C)c2)n1. The van der Waals surface area contributed by atoms with E-state index in [1.807, 2.05) is 68.4 Å². The molecule has 1 amide bonds. The predicted octanol–water partition coefficient (Wildman–Crippen LogP) is 3.83. The van der Waals surface area contributed by atoms with Crippen LogP contribution in [0.2, 0.25) is 0 Å². The number of piperazine rings is 1. The van der Waals surface area contributed by atoms with Crippen LogP contribution in [0.1, 0.15) is 21.6 Å². The predicted molar refractivity (Wildman–Crippen MR) is 144 cm³/mol. The Bertz CT molecular complexity index is 1180. The van der Waals surface area contributed by atoms with Crippen LogP contribution in [0.4, 0.5) is 15.9 Å². The Morgan fingerprint density at radius 1 is 1.03 bits per heavy atom. The fourth-order valence-electron chi connectivity index (χ4n) is 4.08. The number of carbonyl (C=O) groups excluding carboxylic acids is 1. The van der Waals surface area contributed by atoms with E-state index in [1.165, 1.54) is 6.07 Å². The fourth-order valence-corrected chi connectivity index (χ4v) is 4.92. The lowest BCUT2D eigenvalue weighted by atomic mass is 10.1. The van der Waals surface area contributed by atoms with Crippen molar-refractivity contribution >= 4 is 29.2 Å². The minimum atomic E-state index is -0.183. The van der Waals surface area contributed by atoms with Crippen LogP contribution in [0.15, 0.2) is 59.8 Å². The number of halogens is 1. The third kappa shape index (κ3) is 6.95. The smallest absolute Gasteiger partial charge is 0.251 e. The summed E-state index contributed by atoms with van der Waals surface area (Å²) in [6.45, 7) is 6.38. The van der Waals surface area contributed by atoms with Crippen molar-refractivity contribution in [3.63, 3.8) is 0 Å². The van der Waals surface area contributed by atoms with Gasteiger partial charge in [-0.05, 0) is 50.8 Å². The molecule has 1 N–H and O–H groups in total. The Kier molecular flexibility index (Phi) is 8.77. The highest BCUT2D eigenvalue weighted by atomic mass is 32.2. The number of benzene rings is 2. The lowest BCUT2D eigenvalue weighted by Gasteiger charge is -2.37. The first-order chi connectivity index (χ1) is 17.4. The van der Waals surface area contributed by atoms with E-state index in [4.69, 9.17) is 4.98 Å². The average Bonchev–Trinajstić information content (AvgIpc) is 2.87. The number of aromatic nitrogens is 2. The van der Waals surface area contributed by atoms with Gasteiger partial charge in [-0.3, -0.25) is 4.79 Å². The second kappa shape index (κ2) is 12.2. The molecule has 2 heterocycles. The van der Waals surface area contributed by atoms with Gasteiger partial charge in [0.05, 0.1) is 5.69 Å². The minimum absolute atomic E-state index is 0.0627. The van der Waals surface area contributed by atoms with Gasteiger partial charge in [0, 0.05) is 62.3 Å². The highest BCUT2D eigenvalue weighted by Crippen LogP contribution is 2.25. The van der Waals surface area contributed by atoms with E-state index in [-0.39, 0.29) is 11.7 Å². The quantitative estimate of drug-likeness (QED) is 0.348. The van der Waals surface area contributed by atoms with Crippen LogP contribution in [-0.4, -0.2) is 74.1 Å². The fraction of sp³-hybridized carbons (Fsp3) is 0.370.